The minimum atomic E-state index is -0.225. The predicted molar refractivity (Wildman–Crippen MR) is 109 cm³/mol. The summed E-state index contributed by atoms with van der Waals surface area (Å²) in [4.78, 5) is 4.54. The Kier molecular flexibility index (Phi) is 7.17. The van der Waals surface area contributed by atoms with Crippen LogP contribution in [0, 0.1) is 5.82 Å². The molecule has 3 nitrogen and oxygen atoms in total. The maximum Gasteiger partial charge on any atom is 0.123 e. The molecule has 2 aromatic carbocycles. The number of imidazole rings is 1. The molecule has 0 spiro atoms. The molecule has 1 aromatic heterocycles. The van der Waals surface area contributed by atoms with Gasteiger partial charge in [0, 0.05) is 18.3 Å². The van der Waals surface area contributed by atoms with Gasteiger partial charge in [-0.25, -0.2) is 9.37 Å². The number of benzene rings is 2. The van der Waals surface area contributed by atoms with E-state index in [-0.39, 0.29) is 12.0 Å². The van der Waals surface area contributed by atoms with Gasteiger partial charge in [0.05, 0.1) is 18.2 Å². The van der Waals surface area contributed by atoms with Gasteiger partial charge in [0.2, 0.25) is 0 Å². The summed E-state index contributed by atoms with van der Waals surface area (Å²) in [6.07, 6.45) is 10.1. The Bertz CT molecular complexity index is 796. The first-order chi connectivity index (χ1) is 13.3. The second-order valence-corrected chi connectivity index (χ2v) is 6.94. The van der Waals surface area contributed by atoms with Crippen LogP contribution >= 0.6 is 0 Å². The van der Waals surface area contributed by atoms with Crippen LogP contribution in [0.5, 0.6) is 0 Å². The maximum atomic E-state index is 13.2. The molecule has 0 aliphatic heterocycles. The van der Waals surface area contributed by atoms with Gasteiger partial charge >= 0.3 is 0 Å². The molecule has 0 aliphatic rings. The predicted octanol–water partition coefficient (Wildman–Crippen LogP) is 5.95. The summed E-state index contributed by atoms with van der Waals surface area (Å²) in [5, 5.41) is 3.67. The van der Waals surface area contributed by atoms with Crippen molar-refractivity contribution in [2.24, 2.45) is 0 Å². The summed E-state index contributed by atoms with van der Waals surface area (Å²) in [7, 11) is 0. The summed E-state index contributed by atoms with van der Waals surface area (Å²) >= 11 is 0. The summed E-state index contributed by atoms with van der Waals surface area (Å²) in [6, 6.07) is 16.9. The normalized spacial score (nSPS) is 12.2. The van der Waals surface area contributed by atoms with E-state index in [1.807, 2.05) is 12.4 Å². The number of aromatic nitrogens is 2. The second kappa shape index (κ2) is 10.0. The number of hydrogen-bond acceptors (Lipinski definition) is 2. The third-order valence-electron chi connectivity index (χ3n) is 4.82. The molecule has 0 saturated carbocycles. The van der Waals surface area contributed by atoms with E-state index < -0.39 is 0 Å². The van der Waals surface area contributed by atoms with Crippen LogP contribution in [0.25, 0.3) is 11.3 Å². The average Bonchev–Trinajstić information content (AvgIpc) is 3.19. The molecule has 0 bridgehead atoms. The van der Waals surface area contributed by atoms with Crippen molar-refractivity contribution in [1.82, 2.24) is 14.9 Å². The van der Waals surface area contributed by atoms with Crippen LogP contribution in [0.2, 0.25) is 0 Å². The molecule has 1 unspecified atom stereocenters. The SMILES string of the molecule is CCCCCCC(NCc1ccccc1)n1cnc(-c2ccc(F)cc2)c1. The van der Waals surface area contributed by atoms with Gasteiger partial charge in [-0.05, 0) is 36.2 Å². The molecule has 3 aromatic rings. The molecular weight excluding hydrogens is 337 g/mol. The summed E-state index contributed by atoms with van der Waals surface area (Å²) in [5.74, 6) is -0.225. The molecule has 1 atom stereocenters. The molecule has 1 N–H and O–H groups in total. The van der Waals surface area contributed by atoms with E-state index in [4.69, 9.17) is 0 Å². The van der Waals surface area contributed by atoms with Crippen LogP contribution in [0.15, 0.2) is 67.1 Å². The van der Waals surface area contributed by atoms with Crippen LogP contribution in [-0.4, -0.2) is 9.55 Å². The lowest BCUT2D eigenvalue weighted by molar-refractivity contribution is 0.361. The van der Waals surface area contributed by atoms with Crippen LogP contribution in [-0.2, 0) is 6.54 Å². The van der Waals surface area contributed by atoms with Crippen molar-refractivity contribution in [2.75, 3.05) is 0 Å². The molecule has 0 amide bonds. The molecule has 0 fully saturated rings. The van der Waals surface area contributed by atoms with Crippen molar-refractivity contribution in [1.29, 1.82) is 0 Å². The summed E-state index contributed by atoms with van der Waals surface area (Å²) in [5.41, 5.74) is 3.08. The lowest BCUT2D eigenvalue weighted by atomic mass is 10.1. The van der Waals surface area contributed by atoms with E-state index in [0.29, 0.717) is 0 Å². The van der Waals surface area contributed by atoms with E-state index in [1.54, 1.807) is 12.1 Å². The van der Waals surface area contributed by atoms with Crippen LogP contribution in [0.4, 0.5) is 4.39 Å². The van der Waals surface area contributed by atoms with Gasteiger partial charge in [0.15, 0.2) is 0 Å². The van der Waals surface area contributed by atoms with Crippen molar-refractivity contribution in [3.8, 4) is 11.3 Å². The van der Waals surface area contributed by atoms with Crippen LogP contribution in [0.1, 0.15) is 50.8 Å². The zero-order valence-electron chi connectivity index (χ0n) is 15.9. The van der Waals surface area contributed by atoms with E-state index in [9.17, 15) is 4.39 Å². The van der Waals surface area contributed by atoms with Crippen molar-refractivity contribution < 1.29 is 4.39 Å². The molecule has 4 heteroatoms. The molecular formula is C23H28FN3. The maximum absolute atomic E-state index is 13.2. The fraction of sp³-hybridized carbons (Fsp3) is 0.348. The fourth-order valence-corrected chi connectivity index (χ4v) is 3.23. The van der Waals surface area contributed by atoms with Gasteiger partial charge in [0.25, 0.3) is 0 Å². The summed E-state index contributed by atoms with van der Waals surface area (Å²) in [6.45, 7) is 3.05. The first-order valence-electron chi connectivity index (χ1n) is 9.83. The third kappa shape index (κ3) is 5.76. The smallest absolute Gasteiger partial charge is 0.123 e. The van der Waals surface area contributed by atoms with Gasteiger partial charge in [-0.15, -0.1) is 0 Å². The topological polar surface area (TPSA) is 29.9 Å². The second-order valence-electron chi connectivity index (χ2n) is 6.94. The highest BCUT2D eigenvalue weighted by Gasteiger charge is 2.12. The van der Waals surface area contributed by atoms with Gasteiger partial charge in [-0.3, -0.25) is 5.32 Å². The fourth-order valence-electron chi connectivity index (χ4n) is 3.23. The monoisotopic (exact) mass is 365 g/mol. The molecule has 1 heterocycles. The Balaban J connectivity index is 1.70. The number of hydrogen-bond donors (Lipinski definition) is 1. The van der Waals surface area contributed by atoms with Crippen LogP contribution < -0.4 is 5.32 Å². The van der Waals surface area contributed by atoms with Crippen molar-refractivity contribution in [3.63, 3.8) is 0 Å². The Morgan fingerprint density at radius 2 is 1.78 bits per heavy atom. The van der Waals surface area contributed by atoms with Gasteiger partial charge in [-0.2, -0.15) is 0 Å². The number of rotatable bonds is 10. The number of unbranched alkanes of at least 4 members (excludes halogenated alkanes) is 3. The lowest BCUT2D eigenvalue weighted by Crippen LogP contribution is -2.25. The first kappa shape index (κ1) is 19.3. The lowest BCUT2D eigenvalue weighted by Gasteiger charge is -2.20. The zero-order valence-corrected chi connectivity index (χ0v) is 15.9. The van der Waals surface area contributed by atoms with E-state index in [2.05, 4.69) is 52.3 Å². The van der Waals surface area contributed by atoms with Crippen molar-refractivity contribution >= 4 is 0 Å². The largest absolute Gasteiger partial charge is 0.321 e. The molecule has 0 aliphatic carbocycles. The molecule has 142 valence electrons. The third-order valence-corrected chi connectivity index (χ3v) is 4.82. The highest BCUT2D eigenvalue weighted by atomic mass is 19.1. The average molecular weight is 365 g/mol. The van der Waals surface area contributed by atoms with E-state index in [0.717, 1.165) is 24.2 Å². The van der Waals surface area contributed by atoms with Crippen molar-refractivity contribution in [2.45, 2.75) is 51.7 Å². The molecule has 3 rings (SSSR count). The number of nitrogens with one attached hydrogen (secondary N) is 1. The highest BCUT2D eigenvalue weighted by molar-refractivity contribution is 5.57. The highest BCUT2D eigenvalue weighted by Crippen LogP contribution is 2.21. The Morgan fingerprint density at radius 1 is 1.00 bits per heavy atom. The summed E-state index contributed by atoms with van der Waals surface area (Å²) < 4.78 is 15.3. The van der Waals surface area contributed by atoms with Gasteiger partial charge in [0.1, 0.15) is 5.82 Å². The minimum Gasteiger partial charge on any atom is -0.321 e. The Labute approximate surface area is 161 Å². The van der Waals surface area contributed by atoms with Gasteiger partial charge in [-0.1, -0.05) is 62.9 Å². The first-order valence-corrected chi connectivity index (χ1v) is 9.83. The quantitative estimate of drug-likeness (QED) is 0.450. The molecule has 0 saturated heterocycles. The van der Waals surface area contributed by atoms with Gasteiger partial charge < -0.3 is 4.57 Å². The van der Waals surface area contributed by atoms with E-state index >= 15 is 0 Å². The molecule has 27 heavy (non-hydrogen) atoms. The Morgan fingerprint density at radius 3 is 2.52 bits per heavy atom. The van der Waals surface area contributed by atoms with Crippen molar-refractivity contribution in [3.05, 3.63) is 78.5 Å². The number of halogens is 1. The Hall–Kier alpha value is -2.46. The molecule has 0 radical (unpaired) electrons. The van der Waals surface area contributed by atoms with E-state index in [1.165, 1.54) is 43.4 Å². The standard InChI is InChI=1S/C23H28FN3/c1-2-3-4-8-11-23(25-16-19-9-6-5-7-10-19)27-17-22(26-18-27)20-12-14-21(24)15-13-20/h5-7,9-10,12-15,17-18,23,25H,2-4,8,11,16H2,1H3. The minimum absolute atomic E-state index is 0.198. The van der Waals surface area contributed by atoms with Crippen LogP contribution in [0.3, 0.4) is 0 Å². The number of nitrogens with zero attached hydrogens (tertiary/aromatic N) is 2. The zero-order chi connectivity index (χ0) is 18.9.